The highest BCUT2D eigenvalue weighted by atomic mass is 35.7. The third-order valence-corrected chi connectivity index (χ3v) is 2.12. The molecule has 0 N–H and O–H groups in total. The molecule has 11 heavy (non-hydrogen) atoms. The van der Waals surface area contributed by atoms with Crippen molar-refractivity contribution >= 4 is 33.4 Å². The maximum absolute atomic E-state index is 9.90. The molecule has 0 saturated carbocycles. The molecular weight excluding hydrogens is 182 g/mol. The lowest BCUT2D eigenvalue weighted by atomic mass is 10.3. The topological polar surface area (TPSA) is 29.4 Å². The van der Waals surface area contributed by atoms with Crippen LogP contribution < -0.4 is 0 Å². The molecule has 0 aliphatic heterocycles. The van der Waals surface area contributed by atoms with Crippen molar-refractivity contribution in [1.82, 2.24) is 0 Å². The van der Waals surface area contributed by atoms with E-state index in [0.717, 1.165) is 15.9 Å². The molecule has 0 saturated heterocycles. The van der Waals surface area contributed by atoms with Crippen molar-refractivity contribution in [3.05, 3.63) is 24.3 Å². The first kappa shape index (κ1) is 8.34. The lowest BCUT2D eigenvalue weighted by Crippen LogP contribution is -1.68. The number of rotatable bonds is 2. The Morgan fingerprint density at radius 1 is 1.45 bits per heavy atom. The molecule has 1 rings (SSSR count). The van der Waals surface area contributed by atoms with Crippen LogP contribution in [0.2, 0.25) is 0 Å². The van der Waals surface area contributed by atoms with Crippen LogP contribution in [0, 0.1) is 0 Å². The SMILES string of the molecule is O=C=Nc1ccccc1SCl. The van der Waals surface area contributed by atoms with Gasteiger partial charge in [-0.05, 0) is 33.8 Å². The van der Waals surface area contributed by atoms with Crippen LogP contribution in [0.25, 0.3) is 0 Å². The maximum Gasteiger partial charge on any atom is 0.240 e. The van der Waals surface area contributed by atoms with Gasteiger partial charge in [0.2, 0.25) is 6.08 Å². The highest BCUT2D eigenvalue weighted by molar-refractivity contribution is 8.21. The zero-order valence-electron chi connectivity index (χ0n) is 5.45. The fraction of sp³-hybridized carbons (Fsp3) is 0. The van der Waals surface area contributed by atoms with Gasteiger partial charge in [-0.25, -0.2) is 4.79 Å². The molecule has 0 unspecified atom stereocenters. The Hall–Kier alpha value is -0.760. The van der Waals surface area contributed by atoms with Crippen LogP contribution in [0.15, 0.2) is 34.2 Å². The largest absolute Gasteiger partial charge is 0.240 e. The molecule has 0 spiro atoms. The van der Waals surface area contributed by atoms with Gasteiger partial charge in [0.1, 0.15) is 0 Å². The Labute approximate surface area is 72.8 Å². The number of hydrogen-bond donors (Lipinski definition) is 0. The predicted octanol–water partition coefficient (Wildman–Crippen LogP) is 2.90. The Bertz CT molecular complexity index is 296. The summed E-state index contributed by atoms with van der Waals surface area (Å²) in [6, 6.07) is 7.10. The lowest BCUT2D eigenvalue weighted by molar-refractivity contribution is 0.565. The van der Waals surface area contributed by atoms with E-state index < -0.39 is 0 Å². The number of halogens is 1. The number of para-hydroxylation sites is 1. The summed E-state index contributed by atoms with van der Waals surface area (Å²) in [6.07, 6.45) is 1.46. The summed E-state index contributed by atoms with van der Waals surface area (Å²) in [5.74, 6) is 0. The van der Waals surface area contributed by atoms with Crippen LogP contribution in [0.4, 0.5) is 5.69 Å². The van der Waals surface area contributed by atoms with Crippen LogP contribution >= 0.6 is 21.7 Å². The molecular formula is C7H4ClNOS. The third kappa shape index (κ3) is 2.09. The quantitative estimate of drug-likeness (QED) is 0.524. The second kappa shape index (κ2) is 4.19. The molecule has 0 bridgehead atoms. The highest BCUT2D eigenvalue weighted by Gasteiger charge is 1.97. The van der Waals surface area contributed by atoms with E-state index in [0.29, 0.717) is 5.69 Å². The molecule has 1 aromatic rings. The van der Waals surface area contributed by atoms with E-state index in [1.807, 2.05) is 6.07 Å². The Balaban J connectivity index is 3.11. The maximum atomic E-state index is 9.90. The summed E-state index contributed by atoms with van der Waals surface area (Å²) < 4.78 is 0. The molecule has 0 aliphatic rings. The van der Waals surface area contributed by atoms with Crippen LogP contribution in [-0.4, -0.2) is 6.08 Å². The number of isocyanates is 1. The van der Waals surface area contributed by atoms with Gasteiger partial charge in [-0.3, -0.25) is 0 Å². The first-order valence-corrected chi connectivity index (χ1v) is 4.48. The summed E-state index contributed by atoms with van der Waals surface area (Å²) in [5.41, 5.74) is 0.558. The minimum Gasteiger partial charge on any atom is -0.211 e. The average Bonchev–Trinajstić information content (AvgIpc) is 2.06. The monoisotopic (exact) mass is 185 g/mol. The van der Waals surface area contributed by atoms with Gasteiger partial charge in [-0.1, -0.05) is 12.1 Å². The number of aliphatic imine (C=N–C) groups is 1. The van der Waals surface area contributed by atoms with Gasteiger partial charge in [0.15, 0.2) is 0 Å². The van der Waals surface area contributed by atoms with Crippen molar-refractivity contribution in [3.8, 4) is 0 Å². The molecule has 0 fully saturated rings. The van der Waals surface area contributed by atoms with Crippen molar-refractivity contribution in [2.75, 3.05) is 0 Å². The molecule has 0 amide bonds. The van der Waals surface area contributed by atoms with Gasteiger partial charge in [0, 0.05) is 4.90 Å². The number of nitrogens with zero attached hydrogens (tertiary/aromatic N) is 1. The van der Waals surface area contributed by atoms with Gasteiger partial charge in [0.25, 0.3) is 0 Å². The summed E-state index contributed by atoms with van der Waals surface area (Å²) in [4.78, 5) is 14.1. The standard InChI is InChI=1S/C7H4ClNOS/c8-11-7-4-2-1-3-6(7)9-5-10/h1-4H. The average molecular weight is 186 g/mol. The molecule has 0 aliphatic carbocycles. The second-order valence-electron chi connectivity index (χ2n) is 1.75. The number of hydrogen-bond acceptors (Lipinski definition) is 3. The Morgan fingerprint density at radius 2 is 2.18 bits per heavy atom. The van der Waals surface area contributed by atoms with Gasteiger partial charge >= 0.3 is 0 Å². The summed E-state index contributed by atoms with van der Waals surface area (Å²) in [7, 11) is 6.53. The summed E-state index contributed by atoms with van der Waals surface area (Å²) in [6.45, 7) is 0. The van der Waals surface area contributed by atoms with Crippen LogP contribution in [0.3, 0.4) is 0 Å². The highest BCUT2D eigenvalue weighted by Crippen LogP contribution is 2.31. The first-order chi connectivity index (χ1) is 5.38. The molecule has 0 atom stereocenters. The fourth-order valence-electron chi connectivity index (χ4n) is 0.664. The molecule has 0 aromatic heterocycles. The minimum absolute atomic E-state index is 0.558. The molecule has 1 aromatic carbocycles. The Kier molecular flexibility index (Phi) is 3.17. The molecule has 0 radical (unpaired) electrons. The minimum atomic E-state index is 0.558. The van der Waals surface area contributed by atoms with Crippen LogP contribution in [0.5, 0.6) is 0 Å². The van der Waals surface area contributed by atoms with Gasteiger partial charge < -0.3 is 0 Å². The summed E-state index contributed by atoms with van der Waals surface area (Å²) >= 11 is 0. The zero-order valence-corrected chi connectivity index (χ0v) is 7.02. The van der Waals surface area contributed by atoms with E-state index in [2.05, 4.69) is 4.99 Å². The van der Waals surface area contributed by atoms with Gasteiger partial charge in [0.05, 0.1) is 5.69 Å². The van der Waals surface area contributed by atoms with Crippen molar-refractivity contribution in [3.63, 3.8) is 0 Å². The van der Waals surface area contributed by atoms with Gasteiger partial charge in [-0.15, -0.1) is 0 Å². The lowest BCUT2D eigenvalue weighted by Gasteiger charge is -1.95. The van der Waals surface area contributed by atoms with Crippen LogP contribution in [0.1, 0.15) is 0 Å². The zero-order chi connectivity index (χ0) is 8.10. The third-order valence-electron chi connectivity index (χ3n) is 1.11. The van der Waals surface area contributed by atoms with E-state index in [1.54, 1.807) is 18.2 Å². The number of benzene rings is 1. The smallest absolute Gasteiger partial charge is 0.211 e. The molecule has 2 nitrogen and oxygen atoms in total. The van der Waals surface area contributed by atoms with E-state index >= 15 is 0 Å². The summed E-state index contributed by atoms with van der Waals surface area (Å²) in [5, 5.41) is 0. The van der Waals surface area contributed by atoms with E-state index in [9.17, 15) is 4.79 Å². The van der Waals surface area contributed by atoms with E-state index in [4.69, 9.17) is 10.7 Å². The van der Waals surface area contributed by atoms with E-state index in [1.165, 1.54) is 6.08 Å². The fourth-order valence-corrected chi connectivity index (χ4v) is 1.38. The van der Waals surface area contributed by atoms with Crippen molar-refractivity contribution < 1.29 is 4.79 Å². The molecule has 0 heterocycles. The van der Waals surface area contributed by atoms with Crippen molar-refractivity contribution in [2.45, 2.75) is 4.90 Å². The van der Waals surface area contributed by atoms with Gasteiger partial charge in [-0.2, -0.15) is 4.99 Å². The second-order valence-corrected chi connectivity index (χ2v) is 2.81. The van der Waals surface area contributed by atoms with Crippen LogP contribution in [-0.2, 0) is 4.79 Å². The molecule has 4 heteroatoms. The van der Waals surface area contributed by atoms with Crippen molar-refractivity contribution in [2.24, 2.45) is 4.99 Å². The predicted molar refractivity (Wildman–Crippen MR) is 45.9 cm³/mol. The normalized spacial score (nSPS) is 8.82. The van der Waals surface area contributed by atoms with Crippen molar-refractivity contribution in [1.29, 1.82) is 0 Å². The van der Waals surface area contributed by atoms with E-state index in [-0.39, 0.29) is 0 Å². The Morgan fingerprint density at radius 3 is 2.82 bits per heavy atom. The number of carbonyl (C=O) groups excluding carboxylic acids is 1. The first-order valence-electron chi connectivity index (χ1n) is 2.84. The molecule has 56 valence electrons.